The zero-order chi connectivity index (χ0) is 15.9. The first-order valence-corrected chi connectivity index (χ1v) is 7.13. The Bertz CT molecular complexity index is 625. The van der Waals surface area contributed by atoms with E-state index < -0.39 is 0 Å². The maximum absolute atomic E-state index is 11.9. The summed E-state index contributed by atoms with van der Waals surface area (Å²) in [6.07, 6.45) is 3.05. The first-order valence-electron chi connectivity index (χ1n) is 7.13. The summed E-state index contributed by atoms with van der Waals surface area (Å²) in [5.41, 5.74) is 2.53. The zero-order valence-corrected chi connectivity index (χ0v) is 13.1. The van der Waals surface area contributed by atoms with E-state index in [4.69, 9.17) is 0 Å². The molecular weight excluding hydrogens is 278 g/mol. The zero-order valence-electron chi connectivity index (χ0n) is 13.1. The molecule has 2 rings (SSSR count). The molecule has 1 aromatic heterocycles. The van der Waals surface area contributed by atoms with Gasteiger partial charge in [-0.15, -0.1) is 0 Å². The molecule has 1 heterocycles. The molecule has 0 saturated heterocycles. The van der Waals surface area contributed by atoms with Crippen LogP contribution in [0.3, 0.4) is 0 Å². The number of hydrogen-bond donors (Lipinski definition) is 2. The van der Waals surface area contributed by atoms with E-state index in [0.29, 0.717) is 18.1 Å². The molecule has 0 aliphatic rings. The van der Waals surface area contributed by atoms with Gasteiger partial charge < -0.3 is 15.5 Å². The Morgan fingerprint density at radius 1 is 1.23 bits per heavy atom. The van der Waals surface area contributed by atoms with Gasteiger partial charge in [0.15, 0.2) is 0 Å². The molecule has 6 heteroatoms. The minimum absolute atomic E-state index is 0.163. The number of hydrogen-bond acceptors (Lipinski definition) is 5. The Morgan fingerprint density at radius 3 is 2.59 bits per heavy atom. The number of rotatable bonds is 6. The number of aryl methyl sites for hydroxylation is 1. The molecule has 1 amide bonds. The number of likely N-dealkylation sites (N-methyl/N-ethyl adjacent to an activating group) is 1. The molecule has 22 heavy (non-hydrogen) atoms. The number of nitrogens with zero attached hydrogens (tertiary/aromatic N) is 3. The van der Waals surface area contributed by atoms with Crippen molar-refractivity contribution in [3.63, 3.8) is 0 Å². The number of carbonyl (C=O) groups excluding carboxylic acids is 1. The van der Waals surface area contributed by atoms with Crippen LogP contribution in [0.5, 0.6) is 0 Å². The molecule has 0 fully saturated rings. The second kappa shape index (κ2) is 7.51. The van der Waals surface area contributed by atoms with Crippen molar-refractivity contribution < 1.29 is 4.79 Å². The Labute approximate surface area is 130 Å². The summed E-state index contributed by atoms with van der Waals surface area (Å²) in [5.74, 6) is 0.305. The van der Waals surface area contributed by atoms with Gasteiger partial charge in [-0.1, -0.05) is 12.1 Å². The van der Waals surface area contributed by atoms with Crippen LogP contribution in [0.1, 0.15) is 15.9 Å². The molecular formula is C16H21N5O. The Morgan fingerprint density at radius 2 is 1.95 bits per heavy atom. The number of nitrogens with one attached hydrogen (secondary N) is 2. The lowest BCUT2D eigenvalue weighted by Crippen LogP contribution is -2.31. The van der Waals surface area contributed by atoms with E-state index in [1.807, 2.05) is 50.2 Å². The quantitative estimate of drug-likeness (QED) is 0.851. The van der Waals surface area contributed by atoms with Crippen molar-refractivity contribution in [1.82, 2.24) is 20.2 Å². The second-order valence-electron chi connectivity index (χ2n) is 5.35. The minimum atomic E-state index is -0.163. The molecule has 0 atom stereocenters. The second-order valence-corrected chi connectivity index (χ2v) is 5.35. The van der Waals surface area contributed by atoms with E-state index in [1.165, 1.54) is 12.4 Å². The van der Waals surface area contributed by atoms with Crippen LogP contribution >= 0.6 is 0 Å². The lowest BCUT2D eigenvalue weighted by molar-refractivity contribution is 0.0950. The summed E-state index contributed by atoms with van der Waals surface area (Å²) in [4.78, 5) is 22.3. The number of carbonyl (C=O) groups is 1. The van der Waals surface area contributed by atoms with Gasteiger partial charge in [0.05, 0.1) is 5.56 Å². The Kier molecular flexibility index (Phi) is 5.43. The minimum Gasteiger partial charge on any atom is -0.351 e. The summed E-state index contributed by atoms with van der Waals surface area (Å²) >= 11 is 0. The average molecular weight is 299 g/mol. The molecule has 1 aromatic carbocycles. The van der Waals surface area contributed by atoms with E-state index in [9.17, 15) is 4.79 Å². The number of amides is 1. The topological polar surface area (TPSA) is 70.2 Å². The van der Waals surface area contributed by atoms with Crippen molar-refractivity contribution in [2.75, 3.05) is 32.5 Å². The molecule has 0 aliphatic carbocycles. The van der Waals surface area contributed by atoms with Crippen molar-refractivity contribution in [3.05, 3.63) is 47.8 Å². The van der Waals surface area contributed by atoms with Gasteiger partial charge in [-0.3, -0.25) is 4.79 Å². The summed E-state index contributed by atoms with van der Waals surface area (Å²) in [6.45, 7) is 3.40. The molecule has 0 spiro atoms. The SMILES string of the molecule is Cc1cccc(Nc2ncc(C(=O)NCCN(C)C)cn2)c1. The van der Waals surface area contributed by atoms with Crippen molar-refractivity contribution in [2.24, 2.45) is 0 Å². The van der Waals surface area contributed by atoms with Crippen LogP contribution in [-0.4, -0.2) is 48.0 Å². The fourth-order valence-corrected chi connectivity index (χ4v) is 1.86. The summed E-state index contributed by atoms with van der Waals surface area (Å²) in [5, 5.41) is 5.93. The van der Waals surface area contributed by atoms with Crippen LogP contribution in [-0.2, 0) is 0 Å². The van der Waals surface area contributed by atoms with Crippen molar-refractivity contribution >= 4 is 17.5 Å². The van der Waals surface area contributed by atoms with Crippen LogP contribution in [0.2, 0.25) is 0 Å². The van der Waals surface area contributed by atoms with E-state index in [-0.39, 0.29) is 5.91 Å². The standard InChI is InChI=1S/C16H21N5O/c1-12-5-4-6-14(9-12)20-16-18-10-13(11-19-16)15(22)17-7-8-21(2)3/h4-6,9-11H,7-8H2,1-3H3,(H,17,22)(H,18,19,20). The van der Waals surface area contributed by atoms with E-state index in [1.54, 1.807) is 0 Å². The highest BCUT2D eigenvalue weighted by atomic mass is 16.1. The van der Waals surface area contributed by atoms with Gasteiger partial charge in [0.2, 0.25) is 5.95 Å². The molecule has 0 saturated carbocycles. The van der Waals surface area contributed by atoms with Gasteiger partial charge in [0, 0.05) is 31.2 Å². The third kappa shape index (κ3) is 4.82. The highest BCUT2D eigenvalue weighted by molar-refractivity contribution is 5.93. The average Bonchev–Trinajstić information content (AvgIpc) is 2.47. The third-order valence-corrected chi connectivity index (χ3v) is 3.03. The normalized spacial score (nSPS) is 10.5. The Hall–Kier alpha value is -2.47. The molecule has 2 aromatic rings. The lowest BCUT2D eigenvalue weighted by Gasteiger charge is -2.10. The number of benzene rings is 1. The van der Waals surface area contributed by atoms with Gasteiger partial charge in [0.1, 0.15) is 0 Å². The van der Waals surface area contributed by atoms with Crippen molar-refractivity contribution in [1.29, 1.82) is 0 Å². The van der Waals surface area contributed by atoms with Crippen LogP contribution in [0, 0.1) is 6.92 Å². The molecule has 0 bridgehead atoms. The van der Waals surface area contributed by atoms with Gasteiger partial charge in [-0.05, 0) is 38.7 Å². The Balaban J connectivity index is 1.93. The summed E-state index contributed by atoms with van der Waals surface area (Å²) in [7, 11) is 3.92. The molecule has 0 radical (unpaired) electrons. The fraction of sp³-hybridized carbons (Fsp3) is 0.312. The first kappa shape index (κ1) is 15.9. The highest BCUT2D eigenvalue weighted by Crippen LogP contribution is 2.13. The monoisotopic (exact) mass is 299 g/mol. The summed E-state index contributed by atoms with van der Waals surface area (Å²) < 4.78 is 0. The predicted molar refractivity (Wildman–Crippen MR) is 87.4 cm³/mol. The first-order chi connectivity index (χ1) is 10.5. The fourth-order valence-electron chi connectivity index (χ4n) is 1.86. The summed E-state index contributed by atoms with van der Waals surface area (Å²) in [6, 6.07) is 7.93. The number of aromatic nitrogens is 2. The third-order valence-electron chi connectivity index (χ3n) is 3.03. The smallest absolute Gasteiger partial charge is 0.254 e. The van der Waals surface area contributed by atoms with Crippen molar-refractivity contribution in [2.45, 2.75) is 6.92 Å². The number of anilines is 2. The van der Waals surface area contributed by atoms with Crippen LogP contribution in [0.4, 0.5) is 11.6 Å². The predicted octanol–water partition coefficient (Wildman–Crippen LogP) is 1.82. The van der Waals surface area contributed by atoms with Gasteiger partial charge in [-0.25, -0.2) is 9.97 Å². The van der Waals surface area contributed by atoms with Crippen molar-refractivity contribution in [3.8, 4) is 0 Å². The molecule has 6 nitrogen and oxygen atoms in total. The van der Waals surface area contributed by atoms with E-state index in [2.05, 4.69) is 20.6 Å². The highest BCUT2D eigenvalue weighted by Gasteiger charge is 2.07. The maximum Gasteiger partial charge on any atom is 0.254 e. The van der Waals surface area contributed by atoms with E-state index >= 15 is 0 Å². The van der Waals surface area contributed by atoms with Gasteiger partial charge in [0.25, 0.3) is 5.91 Å². The van der Waals surface area contributed by atoms with Crippen LogP contribution in [0.15, 0.2) is 36.7 Å². The van der Waals surface area contributed by atoms with Gasteiger partial charge >= 0.3 is 0 Å². The lowest BCUT2D eigenvalue weighted by atomic mass is 10.2. The van der Waals surface area contributed by atoms with Gasteiger partial charge in [-0.2, -0.15) is 0 Å². The maximum atomic E-state index is 11.9. The van der Waals surface area contributed by atoms with Crippen LogP contribution in [0.25, 0.3) is 0 Å². The molecule has 116 valence electrons. The molecule has 0 aliphatic heterocycles. The molecule has 0 unspecified atom stereocenters. The van der Waals surface area contributed by atoms with Crippen LogP contribution < -0.4 is 10.6 Å². The van der Waals surface area contributed by atoms with E-state index in [0.717, 1.165) is 17.8 Å². The molecule has 2 N–H and O–H groups in total. The largest absolute Gasteiger partial charge is 0.351 e.